The number of aromatic amines is 1. The van der Waals surface area contributed by atoms with Gasteiger partial charge in [0.15, 0.2) is 0 Å². The molecule has 0 aromatic carbocycles. The van der Waals surface area contributed by atoms with Crippen molar-refractivity contribution >= 4 is 13.7 Å². The minimum atomic E-state index is -5.28. The number of amides is 1. The fraction of sp³-hybridized carbons (Fsp3) is 0.611. The molecule has 1 aliphatic heterocycles. The minimum Gasteiger partial charge on any atom is -0.790 e. The zero-order chi connectivity index (χ0) is 26.7. The average Bonchev–Trinajstić information content (AvgIpc) is 3.16. The Morgan fingerprint density at radius 1 is 1.50 bits per heavy atom. The molecule has 1 fully saturated rings. The van der Waals surface area contributed by atoms with Crippen molar-refractivity contribution in [3.63, 3.8) is 0 Å². The topological polar surface area (TPSA) is 253 Å². The third-order valence-corrected chi connectivity index (χ3v) is 4.98. The molecule has 36 heavy (non-hydrogen) atoms. The number of carbonyl (C=O) groups is 1. The van der Waals surface area contributed by atoms with Crippen LogP contribution in [0.1, 0.15) is 25.1 Å². The summed E-state index contributed by atoms with van der Waals surface area (Å²) in [5.74, 6) is 4.55. The van der Waals surface area contributed by atoms with Crippen LogP contribution in [0.4, 0.5) is 0 Å². The van der Waals surface area contributed by atoms with Gasteiger partial charge >= 0.3 is 5.69 Å². The summed E-state index contributed by atoms with van der Waals surface area (Å²) in [5, 5.41) is 15.8. The second-order valence-electron chi connectivity index (χ2n) is 7.19. The van der Waals surface area contributed by atoms with Crippen LogP contribution < -0.4 is 26.4 Å². The van der Waals surface area contributed by atoms with E-state index in [1.807, 2.05) is 4.98 Å². The molecular formula is C18H23N6O11P-2. The van der Waals surface area contributed by atoms with E-state index >= 15 is 0 Å². The lowest BCUT2D eigenvalue weighted by molar-refractivity contribution is -0.343. The zero-order valence-corrected chi connectivity index (χ0v) is 19.8. The number of rotatable bonds is 12. The smallest absolute Gasteiger partial charge is 0.330 e. The third-order valence-electron chi connectivity index (χ3n) is 4.51. The van der Waals surface area contributed by atoms with Crippen molar-refractivity contribution in [2.75, 3.05) is 33.0 Å². The highest BCUT2D eigenvalue weighted by Gasteiger charge is 2.36. The van der Waals surface area contributed by atoms with Gasteiger partial charge in [0.05, 0.1) is 40.3 Å². The van der Waals surface area contributed by atoms with Crippen molar-refractivity contribution in [1.29, 1.82) is 0 Å². The van der Waals surface area contributed by atoms with Crippen molar-refractivity contribution in [2.45, 2.75) is 38.0 Å². The molecule has 1 amide bonds. The first-order valence-corrected chi connectivity index (χ1v) is 11.8. The molecule has 198 valence electrons. The SMILES string of the molecule is CC(N=[N+]=[N-])OCCOCC(=O)NCC#Cc1cn(C2CC(O)C(COP(=O)([O-])[O-])O2)c(=O)[nH]c1=O. The molecule has 1 aromatic rings. The van der Waals surface area contributed by atoms with Gasteiger partial charge in [-0.15, -0.1) is 0 Å². The van der Waals surface area contributed by atoms with Crippen LogP contribution in [0.5, 0.6) is 0 Å². The molecule has 0 bridgehead atoms. The standard InChI is InChI=1S/C18H25N6O11P/c1-11(22-23-19)33-6-5-32-10-15(26)20-4-2-3-12-8-24(18(28)21-17(12)27)16-7-13(25)14(35-16)9-34-36(29,30)31/h8,11,13-14,16,25H,4-7,9-10H2,1H3,(H,20,26)(H,21,27,28)(H2,29,30,31)/p-2. The van der Waals surface area contributed by atoms with E-state index in [2.05, 4.69) is 31.7 Å². The normalized spacial score (nSPS) is 20.2. The lowest BCUT2D eigenvalue weighted by Crippen LogP contribution is -2.34. The Morgan fingerprint density at radius 3 is 2.94 bits per heavy atom. The van der Waals surface area contributed by atoms with Crippen LogP contribution >= 0.6 is 7.82 Å². The van der Waals surface area contributed by atoms with Crippen LogP contribution in [0.2, 0.25) is 0 Å². The molecule has 1 aromatic heterocycles. The molecule has 3 N–H and O–H groups in total. The highest BCUT2D eigenvalue weighted by atomic mass is 31.2. The molecule has 1 aliphatic rings. The number of hydrogen-bond donors (Lipinski definition) is 3. The van der Waals surface area contributed by atoms with E-state index in [0.29, 0.717) is 0 Å². The van der Waals surface area contributed by atoms with E-state index < -0.39 is 56.2 Å². The summed E-state index contributed by atoms with van der Waals surface area (Å²) in [7, 11) is -5.28. The van der Waals surface area contributed by atoms with E-state index in [1.54, 1.807) is 6.92 Å². The number of H-pyrrole nitrogens is 1. The molecule has 1 saturated heterocycles. The molecule has 4 atom stereocenters. The molecular weight excluding hydrogens is 507 g/mol. The fourth-order valence-electron chi connectivity index (χ4n) is 2.87. The van der Waals surface area contributed by atoms with E-state index in [4.69, 9.17) is 19.7 Å². The lowest BCUT2D eigenvalue weighted by atomic mass is 10.2. The van der Waals surface area contributed by atoms with Crippen molar-refractivity contribution in [1.82, 2.24) is 14.9 Å². The Balaban J connectivity index is 1.88. The Morgan fingerprint density at radius 2 is 2.25 bits per heavy atom. The van der Waals surface area contributed by atoms with E-state index in [-0.39, 0.29) is 38.3 Å². The highest BCUT2D eigenvalue weighted by molar-refractivity contribution is 7.43. The van der Waals surface area contributed by atoms with Crippen molar-refractivity contribution in [2.24, 2.45) is 5.11 Å². The van der Waals surface area contributed by atoms with Crippen LogP contribution in [-0.4, -0.2) is 72.0 Å². The summed E-state index contributed by atoms with van der Waals surface area (Å²) in [6.07, 6.45) is -3.26. The number of hydrogen-bond acceptors (Lipinski definition) is 12. The van der Waals surface area contributed by atoms with Gasteiger partial charge in [0.1, 0.15) is 30.7 Å². The van der Waals surface area contributed by atoms with Crippen LogP contribution in [0, 0.1) is 11.8 Å². The van der Waals surface area contributed by atoms with Gasteiger partial charge in [-0.25, -0.2) is 4.79 Å². The monoisotopic (exact) mass is 530 g/mol. The first kappa shape index (κ1) is 29.2. The maximum absolute atomic E-state index is 12.2. The second-order valence-corrected chi connectivity index (χ2v) is 8.34. The number of aromatic nitrogens is 2. The number of azide groups is 1. The van der Waals surface area contributed by atoms with E-state index in [1.165, 1.54) is 0 Å². The molecule has 0 radical (unpaired) electrons. The minimum absolute atomic E-state index is 0.0827. The van der Waals surface area contributed by atoms with Crippen LogP contribution in [-0.2, 0) is 28.1 Å². The summed E-state index contributed by atoms with van der Waals surface area (Å²) in [4.78, 5) is 61.8. The Kier molecular flexibility index (Phi) is 11.3. The maximum Gasteiger partial charge on any atom is 0.330 e. The van der Waals surface area contributed by atoms with Gasteiger partial charge < -0.3 is 43.5 Å². The molecule has 0 saturated carbocycles. The van der Waals surface area contributed by atoms with Gasteiger partial charge in [0.2, 0.25) is 5.91 Å². The van der Waals surface area contributed by atoms with Crippen molar-refractivity contribution < 1.29 is 43.0 Å². The molecule has 2 heterocycles. The van der Waals surface area contributed by atoms with Gasteiger partial charge in [0, 0.05) is 17.5 Å². The van der Waals surface area contributed by atoms with E-state index in [0.717, 1.165) is 10.8 Å². The average molecular weight is 530 g/mol. The first-order chi connectivity index (χ1) is 17.0. The number of phosphoric acid groups is 1. The van der Waals surface area contributed by atoms with Crippen LogP contribution in [0.15, 0.2) is 20.9 Å². The molecule has 17 nitrogen and oxygen atoms in total. The van der Waals surface area contributed by atoms with E-state index in [9.17, 15) is 33.8 Å². The zero-order valence-electron chi connectivity index (χ0n) is 18.9. The second kappa shape index (κ2) is 13.9. The number of ether oxygens (including phenoxy) is 3. The summed E-state index contributed by atoms with van der Waals surface area (Å²) in [6, 6.07) is 0. The number of phosphoric ester groups is 1. The lowest BCUT2D eigenvalue weighted by Gasteiger charge is -2.30. The van der Waals surface area contributed by atoms with Crippen LogP contribution in [0.3, 0.4) is 0 Å². The van der Waals surface area contributed by atoms with Crippen molar-refractivity contribution in [3.8, 4) is 11.8 Å². The molecule has 0 aliphatic carbocycles. The summed E-state index contributed by atoms with van der Waals surface area (Å²) >= 11 is 0. The maximum atomic E-state index is 12.2. The quantitative estimate of drug-likeness (QED) is 0.0620. The Labute approximate surface area is 203 Å². The van der Waals surface area contributed by atoms with Crippen molar-refractivity contribution in [3.05, 3.63) is 43.0 Å². The largest absolute Gasteiger partial charge is 0.790 e. The van der Waals surface area contributed by atoms with Gasteiger partial charge in [0.25, 0.3) is 5.56 Å². The number of nitrogens with one attached hydrogen (secondary N) is 2. The van der Waals surface area contributed by atoms with Gasteiger partial charge in [-0.2, -0.15) is 0 Å². The number of aliphatic hydroxyl groups excluding tert-OH is 1. The first-order valence-electron chi connectivity index (χ1n) is 10.3. The molecule has 4 unspecified atom stereocenters. The predicted octanol–water partition coefficient (Wildman–Crippen LogP) is -2.81. The Bertz CT molecular complexity index is 1180. The summed E-state index contributed by atoms with van der Waals surface area (Å²) in [6.45, 7) is 0.571. The van der Waals surface area contributed by atoms with Gasteiger partial charge in [-0.05, 0) is 12.5 Å². The number of aliphatic hydroxyl groups is 1. The molecule has 18 heteroatoms. The number of nitrogens with zero attached hydrogens (tertiary/aromatic N) is 4. The van der Waals surface area contributed by atoms with Crippen LogP contribution in [0.25, 0.3) is 10.4 Å². The highest BCUT2D eigenvalue weighted by Crippen LogP contribution is 2.31. The fourth-order valence-corrected chi connectivity index (χ4v) is 3.20. The third kappa shape index (κ3) is 9.91. The summed E-state index contributed by atoms with van der Waals surface area (Å²) < 4.78 is 31.2. The molecule has 0 spiro atoms. The van der Waals surface area contributed by atoms with Gasteiger partial charge in [-0.1, -0.05) is 17.0 Å². The number of carbonyl (C=O) groups excluding carboxylic acids is 1. The predicted molar refractivity (Wildman–Crippen MR) is 115 cm³/mol. The molecule has 2 rings (SSSR count). The van der Waals surface area contributed by atoms with Gasteiger partial charge in [-0.3, -0.25) is 19.1 Å². The Hall–Kier alpha value is -3.03. The summed E-state index contributed by atoms with van der Waals surface area (Å²) in [5.41, 5.74) is 6.43.